The molecule has 3 rings (SSSR count). The standard InChI is InChI=1S/C12H12Cl2N4O2/c13-7-5-8-10(17-9(7)14)18(12(20)11(19)16-8)6-1-3-15-4-2-6/h5-6,15H,1-4H2,(H,16,19). The molecule has 0 radical (unpaired) electrons. The lowest BCUT2D eigenvalue weighted by Crippen LogP contribution is -2.41. The van der Waals surface area contributed by atoms with Gasteiger partial charge in [0.1, 0.15) is 5.15 Å². The predicted octanol–water partition coefficient (Wildman–Crippen LogP) is 1.32. The molecule has 3 heterocycles. The molecule has 0 saturated carbocycles. The smallest absolute Gasteiger partial charge is 0.317 e. The molecule has 0 aromatic carbocycles. The van der Waals surface area contributed by atoms with Crippen molar-refractivity contribution < 1.29 is 0 Å². The molecule has 2 N–H and O–H groups in total. The van der Waals surface area contributed by atoms with Crippen LogP contribution in [0.15, 0.2) is 15.7 Å². The summed E-state index contributed by atoms with van der Waals surface area (Å²) in [7, 11) is 0. The molecule has 0 aliphatic carbocycles. The summed E-state index contributed by atoms with van der Waals surface area (Å²) in [5.74, 6) is 0. The number of aromatic nitrogens is 3. The van der Waals surface area contributed by atoms with Gasteiger partial charge in [-0.05, 0) is 32.0 Å². The average molecular weight is 315 g/mol. The minimum Gasteiger partial charge on any atom is -0.317 e. The molecule has 1 aliphatic heterocycles. The van der Waals surface area contributed by atoms with Crippen molar-refractivity contribution in [3.8, 4) is 0 Å². The first-order chi connectivity index (χ1) is 9.58. The number of rotatable bonds is 1. The van der Waals surface area contributed by atoms with E-state index in [-0.39, 0.29) is 16.2 Å². The van der Waals surface area contributed by atoms with E-state index in [4.69, 9.17) is 23.2 Å². The molecular weight excluding hydrogens is 303 g/mol. The molecule has 0 spiro atoms. The van der Waals surface area contributed by atoms with Crippen molar-refractivity contribution in [2.75, 3.05) is 13.1 Å². The van der Waals surface area contributed by atoms with E-state index in [0.717, 1.165) is 25.9 Å². The second-order valence-corrected chi connectivity index (χ2v) is 5.51. The van der Waals surface area contributed by atoms with Crippen LogP contribution in [0, 0.1) is 0 Å². The molecule has 0 atom stereocenters. The van der Waals surface area contributed by atoms with Gasteiger partial charge in [0.15, 0.2) is 5.65 Å². The van der Waals surface area contributed by atoms with Gasteiger partial charge in [-0.2, -0.15) is 0 Å². The highest BCUT2D eigenvalue weighted by Crippen LogP contribution is 2.25. The number of nitrogens with one attached hydrogen (secondary N) is 2. The Hall–Kier alpha value is -1.37. The quantitative estimate of drug-likeness (QED) is 0.614. The molecule has 2 aromatic heterocycles. The van der Waals surface area contributed by atoms with Crippen molar-refractivity contribution in [3.63, 3.8) is 0 Å². The molecule has 0 unspecified atom stereocenters. The zero-order valence-corrected chi connectivity index (χ0v) is 12.0. The number of halogens is 2. The minimum atomic E-state index is -0.670. The molecular formula is C12H12Cl2N4O2. The number of H-pyrrole nitrogens is 1. The van der Waals surface area contributed by atoms with E-state index < -0.39 is 11.1 Å². The summed E-state index contributed by atoms with van der Waals surface area (Å²) in [5, 5.41) is 3.58. The number of fused-ring (bicyclic) bond motifs is 1. The van der Waals surface area contributed by atoms with Crippen LogP contribution in [0.3, 0.4) is 0 Å². The topological polar surface area (TPSA) is 79.8 Å². The van der Waals surface area contributed by atoms with Crippen molar-refractivity contribution >= 4 is 34.4 Å². The van der Waals surface area contributed by atoms with Gasteiger partial charge < -0.3 is 10.3 Å². The fourth-order valence-electron chi connectivity index (χ4n) is 2.52. The Kier molecular flexibility index (Phi) is 3.54. The zero-order chi connectivity index (χ0) is 14.3. The fraction of sp³-hybridized carbons (Fsp3) is 0.417. The van der Waals surface area contributed by atoms with Gasteiger partial charge in [0.05, 0.1) is 10.5 Å². The van der Waals surface area contributed by atoms with Gasteiger partial charge >= 0.3 is 11.1 Å². The monoisotopic (exact) mass is 314 g/mol. The number of pyridine rings is 1. The Balaban J connectivity index is 2.32. The van der Waals surface area contributed by atoms with Crippen molar-refractivity contribution in [2.24, 2.45) is 0 Å². The summed E-state index contributed by atoms with van der Waals surface area (Å²) in [6, 6.07) is 1.46. The van der Waals surface area contributed by atoms with Crippen LogP contribution < -0.4 is 16.4 Å². The molecule has 1 saturated heterocycles. The molecule has 106 valence electrons. The first-order valence-corrected chi connectivity index (χ1v) is 7.05. The molecule has 0 bridgehead atoms. The number of nitrogens with zero attached hydrogens (tertiary/aromatic N) is 2. The molecule has 0 amide bonds. The number of aromatic amines is 1. The largest absolute Gasteiger partial charge is 0.318 e. The first-order valence-electron chi connectivity index (χ1n) is 6.29. The van der Waals surface area contributed by atoms with E-state index in [9.17, 15) is 9.59 Å². The molecule has 1 fully saturated rings. The maximum atomic E-state index is 12.2. The molecule has 6 nitrogen and oxygen atoms in total. The maximum Gasteiger partial charge on any atom is 0.318 e. The van der Waals surface area contributed by atoms with Crippen LogP contribution in [0.25, 0.3) is 11.2 Å². The lowest BCUT2D eigenvalue weighted by molar-refractivity contribution is 0.366. The van der Waals surface area contributed by atoms with Gasteiger partial charge in [0.25, 0.3) is 0 Å². The molecule has 8 heteroatoms. The summed E-state index contributed by atoms with van der Waals surface area (Å²) in [6.45, 7) is 1.60. The zero-order valence-electron chi connectivity index (χ0n) is 10.4. The highest BCUT2D eigenvalue weighted by Gasteiger charge is 2.21. The van der Waals surface area contributed by atoms with Crippen LogP contribution in [-0.2, 0) is 0 Å². The summed E-state index contributed by atoms with van der Waals surface area (Å²) in [5.41, 5.74) is -0.482. The van der Waals surface area contributed by atoms with Crippen LogP contribution in [0.4, 0.5) is 0 Å². The highest BCUT2D eigenvalue weighted by molar-refractivity contribution is 6.41. The van der Waals surface area contributed by atoms with Gasteiger partial charge in [0, 0.05) is 6.04 Å². The van der Waals surface area contributed by atoms with Crippen LogP contribution in [0.2, 0.25) is 10.2 Å². The Morgan fingerprint density at radius 3 is 2.65 bits per heavy atom. The lowest BCUT2D eigenvalue weighted by atomic mass is 10.1. The van der Waals surface area contributed by atoms with Gasteiger partial charge in [-0.25, -0.2) is 4.98 Å². The van der Waals surface area contributed by atoms with E-state index in [1.807, 2.05) is 0 Å². The Labute approximate surface area is 123 Å². The van der Waals surface area contributed by atoms with Crippen molar-refractivity contribution in [3.05, 3.63) is 36.9 Å². The predicted molar refractivity (Wildman–Crippen MR) is 77.8 cm³/mol. The number of hydrogen-bond acceptors (Lipinski definition) is 4. The van der Waals surface area contributed by atoms with E-state index in [0.29, 0.717) is 11.2 Å². The van der Waals surface area contributed by atoms with Crippen molar-refractivity contribution in [2.45, 2.75) is 18.9 Å². The highest BCUT2D eigenvalue weighted by atomic mass is 35.5. The SMILES string of the molecule is O=c1[nH]c2cc(Cl)c(Cl)nc2n(C2CCNCC2)c1=O. The third-order valence-corrected chi connectivity index (χ3v) is 4.15. The van der Waals surface area contributed by atoms with Crippen LogP contribution in [-0.4, -0.2) is 27.6 Å². The Morgan fingerprint density at radius 1 is 1.25 bits per heavy atom. The summed E-state index contributed by atoms with van der Waals surface area (Å²) in [4.78, 5) is 30.6. The third-order valence-electron chi connectivity index (χ3n) is 3.48. The Bertz CT molecular complexity index is 777. The van der Waals surface area contributed by atoms with E-state index in [2.05, 4.69) is 15.3 Å². The average Bonchev–Trinajstić information content (AvgIpc) is 2.44. The number of hydrogen-bond donors (Lipinski definition) is 2. The maximum absolute atomic E-state index is 12.2. The summed E-state index contributed by atoms with van der Waals surface area (Å²) >= 11 is 11.8. The number of piperidine rings is 1. The second kappa shape index (κ2) is 5.20. The van der Waals surface area contributed by atoms with E-state index in [1.54, 1.807) is 0 Å². The third kappa shape index (κ3) is 2.24. The minimum absolute atomic E-state index is 0.0571. The first kappa shape index (κ1) is 13.6. The second-order valence-electron chi connectivity index (χ2n) is 4.74. The van der Waals surface area contributed by atoms with Gasteiger partial charge in [-0.15, -0.1) is 0 Å². The van der Waals surface area contributed by atoms with Crippen molar-refractivity contribution in [1.82, 2.24) is 19.9 Å². The van der Waals surface area contributed by atoms with Gasteiger partial charge in [-0.1, -0.05) is 23.2 Å². The van der Waals surface area contributed by atoms with Crippen LogP contribution in [0.1, 0.15) is 18.9 Å². The summed E-state index contributed by atoms with van der Waals surface area (Å²) in [6.07, 6.45) is 1.53. The van der Waals surface area contributed by atoms with E-state index in [1.165, 1.54) is 10.6 Å². The lowest BCUT2D eigenvalue weighted by Gasteiger charge is -2.25. The fourth-order valence-corrected chi connectivity index (χ4v) is 2.80. The van der Waals surface area contributed by atoms with Crippen LogP contribution in [0.5, 0.6) is 0 Å². The molecule has 1 aliphatic rings. The molecule has 20 heavy (non-hydrogen) atoms. The van der Waals surface area contributed by atoms with Crippen LogP contribution >= 0.6 is 23.2 Å². The van der Waals surface area contributed by atoms with Gasteiger partial charge in [0.2, 0.25) is 0 Å². The van der Waals surface area contributed by atoms with Crippen molar-refractivity contribution in [1.29, 1.82) is 0 Å². The molecule has 2 aromatic rings. The van der Waals surface area contributed by atoms with E-state index >= 15 is 0 Å². The summed E-state index contributed by atoms with van der Waals surface area (Å²) < 4.78 is 1.44. The normalized spacial score (nSPS) is 16.7. The van der Waals surface area contributed by atoms with Gasteiger partial charge in [-0.3, -0.25) is 14.2 Å². The Morgan fingerprint density at radius 2 is 1.95 bits per heavy atom.